The Hall–Kier alpha value is -1.64. The summed E-state index contributed by atoms with van der Waals surface area (Å²) in [6.45, 7) is 1.74. The molecule has 0 radical (unpaired) electrons. The van der Waals surface area contributed by atoms with Gasteiger partial charge in [0.25, 0.3) is 0 Å². The molecular weight excluding hydrogens is 171 g/mol. The van der Waals surface area contributed by atoms with E-state index in [0.717, 1.165) is 0 Å². The number of benzene rings is 1. The molecule has 1 N–H and O–H groups in total. The number of hydrogen-bond donors (Lipinski definition) is 1. The summed E-state index contributed by atoms with van der Waals surface area (Å²) in [5.41, 5.74) is -0.00185. The van der Waals surface area contributed by atoms with Gasteiger partial charge in [-0.2, -0.15) is 0 Å². The summed E-state index contributed by atoms with van der Waals surface area (Å²) in [5.74, 6) is -1.93. The van der Waals surface area contributed by atoms with Gasteiger partial charge >= 0.3 is 5.97 Å². The highest BCUT2D eigenvalue weighted by Crippen LogP contribution is 2.14. The number of rotatable bonds is 2. The molecule has 0 spiro atoms. The highest BCUT2D eigenvalue weighted by Gasteiger charge is 2.11. The molecule has 0 aliphatic heterocycles. The van der Waals surface area contributed by atoms with Gasteiger partial charge in [-0.1, -0.05) is 24.3 Å². The average molecular weight is 180 g/mol. The van der Waals surface area contributed by atoms with Gasteiger partial charge in [0.15, 0.2) is 0 Å². The highest BCUT2D eigenvalue weighted by atomic mass is 19.1. The van der Waals surface area contributed by atoms with Gasteiger partial charge in [0.1, 0.15) is 5.82 Å². The van der Waals surface area contributed by atoms with Crippen molar-refractivity contribution in [1.29, 1.82) is 0 Å². The molecule has 0 fully saturated rings. The molecule has 0 bridgehead atoms. The van der Waals surface area contributed by atoms with Crippen LogP contribution < -0.4 is 0 Å². The van der Waals surface area contributed by atoms with E-state index in [4.69, 9.17) is 5.11 Å². The molecule has 68 valence electrons. The zero-order valence-electron chi connectivity index (χ0n) is 7.12. The summed E-state index contributed by atoms with van der Waals surface area (Å²) in [7, 11) is 0. The van der Waals surface area contributed by atoms with Crippen LogP contribution in [0.2, 0.25) is 0 Å². The topological polar surface area (TPSA) is 37.3 Å². The molecular formula is C10H9FO2. The summed E-state index contributed by atoms with van der Waals surface area (Å²) in [6, 6.07) is 4.29. The third-order valence-electron chi connectivity index (χ3n) is 1.61. The van der Waals surface area contributed by atoms with Crippen molar-refractivity contribution in [1.82, 2.24) is 0 Å². The van der Waals surface area contributed by atoms with Crippen molar-refractivity contribution in [3.8, 4) is 0 Å². The molecule has 1 rings (SSSR count). The van der Waals surface area contributed by atoms with Crippen LogP contribution in [0.5, 0.6) is 0 Å². The minimum atomic E-state index is -1.25. The SMILES string of the molecule is CC=Cc1cccc(C(=O)O)c1F. The van der Waals surface area contributed by atoms with Crippen molar-refractivity contribution in [2.75, 3.05) is 0 Å². The van der Waals surface area contributed by atoms with Crippen LogP contribution in [-0.4, -0.2) is 11.1 Å². The maximum absolute atomic E-state index is 13.3. The first-order valence-electron chi connectivity index (χ1n) is 3.81. The first-order valence-corrected chi connectivity index (χ1v) is 3.81. The second-order valence-electron chi connectivity index (χ2n) is 2.51. The number of halogens is 1. The van der Waals surface area contributed by atoms with Crippen molar-refractivity contribution >= 4 is 12.0 Å². The normalized spacial score (nSPS) is 10.6. The van der Waals surface area contributed by atoms with Gasteiger partial charge in [-0.3, -0.25) is 0 Å². The third-order valence-corrected chi connectivity index (χ3v) is 1.61. The monoisotopic (exact) mass is 180 g/mol. The molecule has 1 aromatic rings. The van der Waals surface area contributed by atoms with Gasteiger partial charge in [0, 0.05) is 5.56 Å². The number of aromatic carboxylic acids is 1. The Kier molecular flexibility index (Phi) is 2.80. The Labute approximate surface area is 75.3 Å². The molecule has 3 heteroatoms. The van der Waals surface area contributed by atoms with Gasteiger partial charge in [-0.05, 0) is 13.0 Å². The lowest BCUT2D eigenvalue weighted by atomic mass is 10.1. The molecule has 0 unspecified atom stereocenters. The van der Waals surface area contributed by atoms with E-state index in [0.29, 0.717) is 5.56 Å². The molecule has 0 aliphatic carbocycles. The summed E-state index contributed by atoms with van der Waals surface area (Å²) in [6.07, 6.45) is 3.19. The molecule has 13 heavy (non-hydrogen) atoms. The Morgan fingerprint density at radius 2 is 2.23 bits per heavy atom. The van der Waals surface area contributed by atoms with E-state index in [9.17, 15) is 9.18 Å². The van der Waals surface area contributed by atoms with Crippen molar-refractivity contribution in [2.45, 2.75) is 6.92 Å². The first-order chi connectivity index (χ1) is 6.16. The smallest absolute Gasteiger partial charge is 0.338 e. The zero-order valence-corrected chi connectivity index (χ0v) is 7.12. The predicted molar refractivity (Wildman–Crippen MR) is 48.1 cm³/mol. The molecule has 0 amide bonds. The van der Waals surface area contributed by atoms with Crippen molar-refractivity contribution in [2.24, 2.45) is 0 Å². The second kappa shape index (κ2) is 3.85. The molecule has 0 saturated heterocycles. The van der Waals surface area contributed by atoms with Crippen LogP contribution in [0.15, 0.2) is 24.3 Å². The number of carboxylic acid groups (broad SMARTS) is 1. The quantitative estimate of drug-likeness (QED) is 0.759. The maximum Gasteiger partial charge on any atom is 0.338 e. The molecule has 0 saturated carbocycles. The second-order valence-corrected chi connectivity index (χ2v) is 2.51. The standard InChI is InChI=1S/C10H9FO2/c1-2-4-7-5-3-6-8(9(7)11)10(12)13/h2-6H,1H3,(H,12,13). The lowest BCUT2D eigenvalue weighted by Gasteiger charge is -1.99. The number of hydrogen-bond acceptors (Lipinski definition) is 1. The van der Waals surface area contributed by atoms with Crippen LogP contribution in [0, 0.1) is 5.82 Å². The lowest BCUT2D eigenvalue weighted by molar-refractivity contribution is 0.0692. The molecule has 0 aromatic heterocycles. The number of allylic oxidation sites excluding steroid dienone is 1. The van der Waals surface area contributed by atoms with Crippen LogP contribution in [-0.2, 0) is 0 Å². The summed E-state index contributed by atoms with van der Waals surface area (Å²) < 4.78 is 13.3. The van der Waals surface area contributed by atoms with Crippen LogP contribution in [0.3, 0.4) is 0 Å². The number of carboxylic acids is 1. The van der Waals surface area contributed by atoms with Gasteiger partial charge in [0.2, 0.25) is 0 Å². The summed E-state index contributed by atoms with van der Waals surface area (Å²) >= 11 is 0. The van der Waals surface area contributed by atoms with Gasteiger partial charge < -0.3 is 5.11 Å². The van der Waals surface area contributed by atoms with Crippen LogP contribution in [0.25, 0.3) is 6.08 Å². The highest BCUT2D eigenvalue weighted by molar-refractivity contribution is 5.88. The Bertz CT molecular complexity index is 356. The van der Waals surface area contributed by atoms with E-state index in [1.165, 1.54) is 24.3 Å². The van der Waals surface area contributed by atoms with Crippen molar-refractivity contribution < 1.29 is 14.3 Å². The lowest BCUT2D eigenvalue weighted by Crippen LogP contribution is -2.01. The van der Waals surface area contributed by atoms with Gasteiger partial charge in [-0.15, -0.1) is 0 Å². The number of carbonyl (C=O) groups is 1. The molecule has 0 aliphatic rings. The largest absolute Gasteiger partial charge is 0.478 e. The van der Waals surface area contributed by atoms with Crippen LogP contribution in [0.1, 0.15) is 22.8 Å². The van der Waals surface area contributed by atoms with Crippen molar-refractivity contribution in [3.63, 3.8) is 0 Å². The fourth-order valence-electron chi connectivity index (χ4n) is 1.02. The van der Waals surface area contributed by atoms with Crippen LogP contribution in [0.4, 0.5) is 4.39 Å². The van der Waals surface area contributed by atoms with Gasteiger partial charge in [-0.25, -0.2) is 9.18 Å². The van der Waals surface area contributed by atoms with Crippen LogP contribution >= 0.6 is 0 Å². The molecule has 2 nitrogen and oxygen atoms in total. The van der Waals surface area contributed by atoms with E-state index in [1.807, 2.05) is 0 Å². The van der Waals surface area contributed by atoms with E-state index >= 15 is 0 Å². The summed E-state index contributed by atoms with van der Waals surface area (Å²) in [4.78, 5) is 10.5. The summed E-state index contributed by atoms with van der Waals surface area (Å²) in [5, 5.41) is 8.59. The fraction of sp³-hybridized carbons (Fsp3) is 0.100. The van der Waals surface area contributed by atoms with E-state index in [2.05, 4.69) is 0 Å². The Balaban J connectivity index is 3.26. The first kappa shape index (κ1) is 9.45. The van der Waals surface area contributed by atoms with E-state index in [-0.39, 0.29) is 5.56 Å². The van der Waals surface area contributed by atoms with Crippen molar-refractivity contribution in [3.05, 3.63) is 41.2 Å². The third kappa shape index (κ3) is 1.93. The average Bonchev–Trinajstić information content (AvgIpc) is 2.08. The fourth-order valence-corrected chi connectivity index (χ4v) is 1.02. The Morgan fingerprint density at radius 1 is 1.54 bits per heavy atom. The zero-order chi connectivity index (χ0) is 9.84. The van der Waals surface area contributed by atoms with E-state index in [1.54, 1.807) is 13.0 Å². The molecule has 0 heterocycles. The van der Waals surface area contributed by atoms with Gasteiger partial charge in [0.05, 0.1) is 5.56 Å². The molecule has 0 atom stereocenters. The Morgan fingerprint density at radius 3 is 2.77 bits per heavy atom. The molecule has 1 aromatic carbocycles. The minimum absolute atomic E-state index is 0.294. The maximum atomic E-state index is 13.3. The van der Waals surface area contributed by atoms with E-state index < -0.39 is 11.8 Å². The predicted octanol–water partition coefficient (Wildman–Crippen LogP) is 2.56. The minimum Gasteiger partial charge on any atom is -0.478 e.